The molecule has 1 unspecified atom stereocenters. The van der Waals surface area contributed by atoms with Crippen LogP contribution in [0, 0.1) is 25.7 Å². The van der Waals surface area contributed by atoms with Crippen molar-refractivity contribution in [3.63, 3.8) is 0 Å². The standard InChI is InChI=1S/C40H50BrN3O8/c1-6-8-19-30(46)42-29(24-50-5)34(27-17-10-9-11-18-27)51-39(49)31-32-37(47)44(21-12-13-22-45)36(40(32)23-28(41)35(31)52-40)38(48)43(20-7-2)33-25(3)15-14-16-26(33)4/h6-7,9-11,14-18,28-29,31-32,34-36,45H,1-2,8,12-13,19-24H2,3-5H3,(H,42,46)/t28?,29-,31+,32-,34-,35+,36+,40-/m0/s1. The van der Waals surface area contributed by atoms with E-state index in [0.29, 0.717) is 31.2 Å². The number of rotatable bonds is 18. The molecule has 0 saturated carbocycles. The summed E-state index contributed by atoms with van der Waals surface area (Å²) in [5, 5.41) is 12.6. The predicted octanol–water partition coefficient (Wildman–Crippen LogP) is 4.72. The minimum absolute atomic E-state index is 0.0529. The molecule has 2 aromatic rings. The van der Waals surface area contributed by atoms with Gasteiger partial charge in [0.2, 0.25) is 11.8 Å². The number of allylic oxidation sites excluding steroid dienone is 1. The number of alkyl halides is 1. The smallest absolute Gasteiger partial charge is 0.313 e. The molecule has 3 amide bonds. The van der Waals surface area contributed by atoms with Crippen molar-refractivity contribution in [1.29, 1.82) is 0 Å². The largest absolute Gasteiger partial charge is 0.455 e. The van der Waals surface area contributed by atoms with E-state index in [2.05, 4.69) is 34.4 Å². The van der Waals surface area contributed by atoms with Gasteiger partial charge in [-0.2, -0.15) is 0 Å². The first-order valence-corrected chi connectivity index (χ1v) is 18.8. The van der Waals surface area contributed by atoms with Gasteiger partial charge >= 0.3 is 5.97 Å². The molecule has 52 heavy (non-hydrogen) atoms. The quantitative estimate of drug-likeness (QED) is 0.0961. The summed E-state index contributed by atoms with van der Waals surface area (Å²) < 4.78 is 18.6. The van der Waals surface area contributed by atoms with Crippen molar-refractivity contribution in [2.75, 3.05) is 38.3 Å². The van der Waals surface area contributed by atoms with Crippen molar-refractivity contribution in [3.05, 3.63) is 90.5 Å². The fourth-order valence-electron chi connectivity index (χ4n) is 8.24. The zero-order valence-electron chi connectivity index (χ0n) is 30.2. The Kier molecular flexibility index (Phi) is 13.1. The Bertz CT molecular complexity index is 1620. The van der Waals surface area contributed by atoms with E-state index in [1.807, 2.05) is 62.4 Å². The lowest BCUT2D eigenvalue weighted by atomic mass is 9.70. The number of nitrogens with zero attached hydrogens (tertiary/aromatic N) is 2. The second-order valence-corrected chi connectivity index (χ2v) is 15.0. The number of unbranched alkanes of at least 4 members (excludes halogenated alkanes) is 1. The van der Waals surface area contributed by atoms with Crippen LogP contribution in [-0.4, -0.2) is 95.7 Å². The predicted molar refractivity (Wildman–Crippen MR) is 201 cm³/mol. The van der Waals surface area contributed by atoms with E-state index in [-0.39, 0.29) is 55.3 Å². The van der Waals surface area contributed by atoms with Gasteiger partial charge in [0.05, 0.1) is 30.6 Å². The van der Waals surface area contributed by atoms with Crippen molar-refractivity contribution in [1.82, 2.24) is 10.2 Å². The molecule has 12 heteroatoms. The van der Waals surface area contributed by atoms with Gasteiger partial charge in [-0.05, 0) is 56.2 Å². The van der Waals surface area contributed by atoms with Crippen LogP contribution in [0.1, 0.15) is 54.9 Å². The number of aryl methyl sites for hydroxylation is 2. The summed E-state index contributed by atoms with van der Waals surface area (Å²) in [4.78, 5) is 60.1. The molecular weight excluding hydrogens is 730 g/mol. The number of hydrogen-bond acceptors (Lipinski definition) is 8. The monoisotopic (exact) mass is 779 g/mol. The summed E-state index contributed by atoms with van der Waals surface area (Å²) in [5.74, 6) is -3.63. The topological polar surface area (TPSA) is 135 Å². The van der Waals surface area contributed by atoms with Gasteiger partial charge in [0.1, 0.15) is 17.7 Å². The Morgan fingerprint density at radius 3 is 2.46 bits per heavy atom. The van der Waals surface area contributed by atoms with Crippen molar-refractivity contribution < 1.29 is 38.5 Å². The van der Waals surface area contributed by atoms with Gasteiger partial charge in [0.25, 0.3) is 5.91 Å². The number of likely N-dealkylation sites (tertiary alicyclic amines) is 1. The van der Waals surface area contributed by atoms with Gasteiger partial charge in [-0.25, -0.2) is 0 Å². The lowest BCUT2D eigenvalue weighted by Gasteiger charge is -2.38. The summed E-state index contributed by atoms with van der Waals surface area (Å²) in [6, 6.07) is 13.1. The number of ether oxygens (including phenoxy) is 3. The number of amides is 3. The first kappa shape index (κ1) is 39.4. The fourth-order valence-corrected chi connectivity index (χ4v) is 9.18. The summed E-state index contributed by atoms with van der Waals surface area (Å²) in [5.41, 5.74) is 1.84. The van der Waals surface area contributed by atoms with Crippen LogP contribution in [0.2, 0.25) is 0 Å². The molecule has 2 N–H and O–H groups in total. The molecule has 0 aliphatic carbocycles. The third kappa shape index (κ3) is 7.62. The van der Waals surface area contributed by atoms with Gasteiger partial charge in [-0.1, -0.05) is 76.6 Å². The first-order chi connectivity index (χ1) is 25.0. The maximum absolute atomic E-state index is 15.0. The molecule has 280 valence electrons. The SMILES string of the molecule is C=CCCC(=O)N[C@@H](COC)[C@@H](OC(=O)[C@H]1[C@@H]2O[C@@]3(CC2Br)[C@@H]1C(=O)N(CCCCO)[C@@H]3C(=O)N(CC=C)c1c(C)cccc1C)c1ccccc1. The van der Waals surface area contributed by atoms with Gasteiger partial charge < -0.3 is 34.4 Å². The number of aliphatic hydroxyl groups excluding tert-OH is 1. The highest BCUT2D eigenvalue weighted by molar-refractivity contribution is 9.09. The molecule has 8 atom stereocenters. The van der Waals surface area contributed by atoms with E-state index in [4.69, 9.17) is 14.2 Å². The lowest BCUT2D eigenvalue weighted by Crippen LogP contribution is -2.57. The Morgan fingerprint density at radius 2 is 1.83 bits per heavy atom. The number of carbonyl (C=O) groups is 4. The molecule has 5 rings (SSSR count). The highest BCUT2D eigenvalue weighted by Crippen LogP contribution is 2.60. The molecule has 2 aromatic carbocycles. The Labute approximate surface area is 314 Å². The van der Waals surface area contributed by atoms with Crippen LogP contribution in [0.15, 0.2) is 73.8 Å². The van der Waals surface area contributed by atoms with Gasteiger partial charge in [-0.15, -0.1) is 13.2 Å². The van der Waals surface area contributed by atoms with E-state index < -0.39 is 47.7 Å². The molecule has 0 aromatic heterocycles. The maximum Gasteiger partial charge on any atom is 0.313 e. The van der Waals surface area contributed by atoms with E-state index in [1.165, 1.54) is 7.11 Å². The Balaban J connectivity index is 1.54. The lowest BCUT2D eigenvalue weighted by molar-refractivity contribution is -0.163. The number of nitrogens with one attached hydrogen (secondary N) is 1. The Morgan fingerprint density at radius 1 is 1.12 bits per heavy atom. The van der Waals surface area contributed by atoms with Gasteiger partial charge in [0.15, 0.2) is 0 Å². The van der Waals surface area contributed by atoms with Crippen LogP contribution in [0.4, 0.5) is 5.69 Å². The number of aliphatic hydroxyl groups is 1. The zero-order valence-corrected chi connectivity index (χ0v) is 31.8. The number of hydrogen-bond donors (Lipinski definition) is 2. The van der Waals surface area contributed by atoms with Crippen molar-refractivity contribution in [2.24, 2.45) is 11.8 Å². The Hall–Kier alpha value is -3.84. The normalized spacial score (nSPS) is 25.7. The number of methoxy groups -OCH3 is 1. The molecular formula is C40H50BrN3O8. The second-order valence-electron chi connectivity index (χ2n) is 13.8. The van der Waals surface area contributed by atoms with Crippen molar-refractivity contribution >= 4 is 45.3 Å². The van der Waals surface area contributed by atoms with Crippen molar-refractivity contribution in [2.45, 2.75) is 80.7 Å². The number of esters is 1. The summed E-state index contributed by atoms with van der Waals surface area (Å²) in [7, 11) is 1.50. The van der Waals surface area contributed by atoms with Crippen LogP contribution in [0.5, 0.6) is 0 Å². The van der Waals surface area contributed by atoms with Gasteiger partial charge in [-0.3, -0.25) is 19.2 Å². The first-order valence-electron chi connectivity index (χ1n) is 17.9. The summed E-state index contributed by atoms with van der Waals surface area (Å²) >= 11 is 3.75. The number of para-hydroxylation sites is 1. The molecule has 3 saturated heterocycles. The number of carbonyl (C=O) groups excluding carboxylic acids is 4. The van der Waals surface area contributed by atoms with Crippen LogP contribution in [-0.2, 0) is 33.4 Å². The molecule has 3 aliphatic rings. The van der Waals surface area contributed by atoms with Crippen LogP contribution < -0.4 is 10.2 Å². The fraction of sp³-hybridized carbons (Fsp3) is 0.500. The third-order valence-corrected chi connectivity index (χ3v) is 11.2. The number of anilines is 1. The number of fused-ring (bicyclic) bond motifs is 1. The second kappa shape index (κ2) is 17.3. The van der Waals surface area contributed by atoms with E-state index in [9.17, 15) is 19.5 Å². The van der Waals surface area contributed by atoms with Crippen LogP contribution in [0.3, 0.4) is 0 Å². The number of benzene rings is 2. The highest BCUT2D eigenvalue weighted by Gasteiger charge is 2.77. The van der Waals surface area contributed by atoms with E-state index in [0.717, 1.165) is 16.8 Å². The van der Waals surface area contributed by atoms with E-state index >= 15 is 4.79 Å². The van der Waals surface area contributed by atoms with Crippen molar-refractivity contribution in [3.8, 4) is 0 Å². The molecule has 11 nitrogen and oxygen atoms in total. The van der Waals surface area contributed by atoms with Crippen LogP contribution in [0.25, 0.3) is 0 Å². The molecule has 3 heterocycles. The van der Waals surface area contributed by atoms with E-state index in [1.54, 1.807) is 22.0 Å². The molecule has 2 bridgehead atoms. The highest BCUT2D eigenvalue weighted by atomic mass is 79.9. The van der Waals surface area contributed by atoms with Crippen LogP contribution >= 0.6 is 15.9 Å². The average molecular weight is 781 g/mol. The zero-order chi connectivity index (χ0) is 37.6. The number of halogens is 1. The molecule has 3 aliphatic heterocycles. The molecule has 0 radical (unpaired) electrons. The minimum Gasteiger partial charge on any atom is -0.455 e. The van der Waals surface area contributed by atoms with Gasteiger partial charge in [0, 0.05) is 43.7 Å². The molecule has 3 fully saturated rings. The maximum atomic E-state index is 15.0. The molecule has 1 spiro atoms. The summed E-state index contributed by atoms with van der Waals surface area (Å²) in [6.45, 7) is 11.9. The summed E-state index contributed by atoms with van der Waals surface area (Å²) in [6.07, 6.45) is 3.51. The average Bonchev–Trinajstić information content (AvgIpc) is 3.72. The third-order valence-electron chi connectivity index (χ3n) is 10.4. The minimum atomic E-state index is -1.32.